The summed E-state index contributed by atoms with van der Waals surface area (Å²) in [5.74, 6) is 0.750. The Morgan fingerprint density at radius 2 is 2.21 bits per heavy atom. The molecule has 0 aliphatic carbocycles. The molecule has 1 aromatic heterocycles. The summed E-state index contributed by atoms with van der Waals surface area (Å²) in [6.07, 6.45) is 0.848. The van der Waals surface area contributed by atoms with Crippen molar-refractivity contribution in [3.63, 3.8) is 0 Å². The minimum absolute atomic E-state index is 0.368. The quantitative estimate of drug-likeness (QED) is 0.861. The Hall–Kier alpha value is -1.46. The maximum absolute atomic E-state index is 5.79. The number of thiazole rings is 1. The zero-order valence-corrected chi connectivity index (χ0v) is 12.6. The van der Waals surface area contributed by atoms with E-state index in [4.69, 9.17) is 22.7 Å². The van der Waals surface area contributed by atoms with E-state index in [0.717, 1.165) is 29.0 Å². The van der Waals surface area contributed by atoms with Crippen molar-refractivity contribution < 1.29 is 4.74 Å². The first-order valence-electron chi connectivity index (χ1n) is 6.00. The van der Waals surface area contributed by atoms with Gasteiger partial charge in [-0.25, -0.2) is 4.98 Å². The van der Waals surface area contributed by atoms with E-state index in [-0.39, 0.29) is 0 Å². The van der Waals surface area contributed by atoms with Gasteiger partial charge in [-0.3, -0.25) is 0 Å². The summed E-state index contributed by atoms with van der Waals surface area (Å²) in [4.78, 5) is 5.84. The van der Waals surface area contributed by atoms with E-state index in [2.05, 4.69) is 4.98 Å². The molecule has 1 aromatic carbocycles. The second kappa shape index (κ2) is 6.12. The zero-order chi connectivity index (χ0) is 13.8. The Morgan fingerprint density at radius 3 is 2.84 bits per heavy atom. The van der Waals surface area contributed by atoms with E-state index < -0.39 is 0 Å². The lowest BCUT2D eigenvalue weighted by atomic mass is 10.1. The third-order valence-electron chi connectivity index (χ3n) is 2.83. The second-order valence-corrected chi connectivity index (χ2v) is 5.70. The summed E-state index contributed by atoms with van der Waals surface area (Å²) in [6, 6.07) is 5.87. The summed E-state index contributed by atoms with van der Waals surface area (Å²) >= 11 is 6.71. The molecule has 0 saturated carbocycles. The van der Waals surface area contributed by atoms with Gasteiger partial charge < -0.3 is 10.5 Å². The van der Waals surface area contributed by atoms with Gasteiger partial charge in [0.25, 0.3) is 0 Å². The summed E-state index contributed by atoms with van der Waals surface area (Å²) in [7, 11) is 0. The van der Waals surface area contributed by atoms with E-state index in [1.54, 1.807) is 11.3 Å². The molecule has 5 heteroatoms. The Balaban J connectivity index is 2.03. The van der Waals surface area contributed by atoms with Gasteiger partial charge in [-0.2, -0.15) is 0 Å². The number of nitrogens with zero attached hydrogens (tertiary/aromatic N) is 1. The molecular weight excluding hydrogens is 276 g/mol. The number of nitrogens with two attached hydrogens (primary N) is 1. The van der Waals surface area contributed by atoms with Crippen molar-refractivity contribution in [3.05, 3.63) is 45.4 Å². The van der Waals surface area contributed by atoms with Crippen molar-refractivity contribution in [3.8, 4) is 5.75 Å². The minimum Gasteiger partial charge on any atom is -0.492 e. The van der Waals surface area contributed by atoms with Crippen LogP contribution in [0.2, 0.25) is 0 Å². The monoisotopic (exact) mass is 292 g/mol. The van der Waals surface area contributed by atoms with E-state index in [1.165, 1.54) is 4.88 Å². The molecule has 0 aliphatic heterocycles. The lowest BCUT2D eigenvalue weighted by Gasteiger charge is -2.11. The van der Waals surface area contributed by atoms with Gasteiger partial charge in [0.15, 0.2) is 0 Å². The maximum Gasteiger partial charge on any atom is 0.129 e. The fraction of sp³-hybridized carbons (Fsp3) is 0.286. The standard InChI is InChI=1S/C14H16N2OS2/c1-9-3-4-12(11(7-9)14(15)18)17-6-5-13-10(2)16-8-19-13/h3-4,7-8H,5-6H2,1-2H3,(H2,15,18). The first kappa shape index (κ1) is 14.0. The molecule has 0 aliphatic rings. The molecule has 0 unspecified atom stereocenters. The maximum atomic E-state index is 5.79. The fourth-order valence-electron chi connectivity index (χ4n) is 1.78. The van der Waals surface area contributed by atoms with Crippen LogP contribution in [0.5, 0.6) is 5.75 Å². The van der Waals surface area contributed by atoms with Gasteiger partial charge in [-0.05, 0) is 26.0 Å². The summed E-state index contributed by atoms with van der Waals surface area (Å²) in [5.41, 5.74) is 10.6. The van der Waals surface area contributed by atoms with E-state index in [9.17, 15) is 0 Å². The highest BCUT2D eigenvalue weighted by atomic mass is 32.1. The van der Waals surface area contributed by atoms with Crippen LogP contribution in [0.15, 0.2) is 23.7 Å². The third-order valence-corrected chi connectivity index (χ3v) is 4.05. The fourth-order valence-corrected chi connectivity index (χ4v) is 2.70. The molecule has 2 N–H and O–H groups in total. The molecule has 0 fully saturated rings. The zero-order valence-electron chi connectivity index (χ0n) is 11.0. The minimum atomic E-state index is 0.368. The Kier molecular flexibility index (Phi) is 4.50. The number of aromatic nitrogens is 1. The largest absolute Gasteiger partial charge is 0.492 e. The number of thiocarbonyl (C=S) groups is 1. The number of benzene rings is 1. The normalized spacial score (nSPS) is 10.4. The number of hydrogen-bond donors (Lipinski definition) is 1. The van der Waals surface area contributed by atoms with Gasteiger partial charge in [-0.1, -0.05) is 23.8 Å². The van der Waals surface area contributed by atoms with Crippen LogP contribution in [-0.2, 0) is 6.42 Å². The Morgan fingerprint density at radius 1 is 1.42 bits per heavy atom. The molecule has 0 atom stereocenters. The van der Waals surface area contributed by atoms with Crippen LogP contribution >= 0.6 is 23.6 Å². The van der Waals surface area contributed by atoms with Crippen LogP contribution in [0, 0.1) is 13.8 Å². The predicted molar refractivity (Wildman–Crippen MR) is 83.1 cm³/mol. The lowest BCUT2D eigenvalue weighted by Crippen LogP contribution is -2.13. The van der Waals surface area contributed by atoms with Gasteiger partial charge in [0.05, 0.1) is 23.4 Å². The van der Waals surface area contributed by atoms with Gasteiger partial charge in [-0.15, -0.1) is 11.3 Å². The number of ether oxygens (including phenoxy) is 1. The topological polar surface area (TPSA) is 48.1 Å². The van der Waals surface area contributed by atoms with Crippen LogP contribution in [0.1, 0.15) is 21.7 Å². The smallest absolute Gasteiger partial charge is 0.129 e. The van der Waals surface area contributed by atoms with Crippen LogP contribution in [-0.4, -0.2) is 16.6 Å². The van der Waals surface area contributed by atoms with Crippen LogP contribution in [0.3, 0.4) is 0 Å². The second-order valence-electron chi connectivity index (χ2n) is 4.32. The number of hydrogen-bond acceptors (Lipinski definition) is 4. The highest BCUT2D eigenvalue weighted by Gasteiger charge is 2.08. The lowest BCUT2D eigenvalue weighted by molar-refractivity contribution is 0.322. The molecular formula is C14H16N2OS2. The first-order valence-corrected chi connectivity index (χ1v) is 7.29. The summed E-state index contributed by atoms with van der Waals surface area (Å²) < 4.78 is 5.79. The molecule has 0 spiro atoms. The van der Waals surface area contributed by atoms with Gasteiger partial charge >= 0.3 is 0 Å². The molecule has 19 heavy (non-hydrogen) atoms. The van der Waals surface area contributed by atoms with Gasteiger partial charge in [0.2, 0.25) is 0 Å². The molecule has 2 rings (SSSR count). The van der Waals surface area contributed by atoms with Crippen molar-refractivity contribution in [2.45, 2.75) is 20.3 Å². The highest BCUT2D eigenvalue weighted by molar-refractivity contribution is 7.80. The molecule has 0 radical (unpaired) electrons. The molecule has 0 saturated heterocycles. The van der Waals surface area contributed by atoms with Crippen molar-refractivity contribution in [2.24, 2.45) is 5.73 Å². The third kappa shape index (κ3) is 3.52. The number of aryl methyl sites for hydroxylation is 2. The Bertz CT molecular complexity index is 593. The summed E-state index contributed by atoms with van der Waals surface area (Å²) in [6.45, 7) is 4.62. The molecule has 100 valence electrons. The van der Waals surface area contributed by atoms with E-state index in [0.29, 0.717) is 11.6 Å². The SMILES string of the molecule is Cc1ccc(OCCc2scnc2C)c(C(N)=S)c1. The van der Waals surface area contributed by atoms with Crippen LogP contribution in [0.25, 0.3) is 0 Å². The molecule has 3 nitrogen and oxygen atoms in total. The molecule has 2 aromatic rings. The van der Waals surface area contributed by atoms with Crippen molar-refractivity contribution in [2.75, 3.05) is 6.61 Å². The van der Waals surface area contributed by atoms with E-state index >= 15 is 0 Å². The number of rotatable bonds is 5. The predicted octanol–water partition coefficient (Wildman–Crippen LogP) is 3.02. The molecule has 0 bridgehead atoms. The van der Waals surface area contributed by atoms with Crippen molar-refractivity contribution in [1.82, 2.24) is 4.98 Å². The molecule has 0 amide bonds. The first-order chi connectivity index (χ1) is 9.08. The summed E-state index contributed by atoms with van der Waals surface area (Å²) in [5, 5.41) is 0. The van der Waals surface area contributed by atoms with Gasteiger partial charge in [0, 0.05) is 11.3 Å². The highest BCUT2D eigenvalue weighted by Crippen LogP contribution is 2.21. The van der Waals surface area contributed by atoms with Gasteiger partial charge in [0.1, 0.15) is 10.7 Å². The van der Waals surface area contributed by atoms with Crippen molar-refractivity contribution in [1.29, 1.82) is 0 Å². The molecule has 1 heterocycles. The average molecular weight is 292 g/mol. The van der Waals surface area contributed by atoms with Crippen LogP contribution in [0.4, 0.5) is 0 Å². The van der Waals surface area contributed by atoms with Crippen LogP contribution < -0.4 is 10.5 Å². The van der Waals surface area contributed by atoms with E-state index in [1.807, 2.05) is 37.6 Å². The Labute approximate surface area is 122 Å². The van der Waals surface area contributed by atoms with Crippen molar-refractivity contribution >= 4 is 28.5 Å². The average Bonchev–Trinajstić information content (AvgIpc) is 2.77.